The highest BCUT2D eigenvalue weighted by molar-refractivity contribution is 7.17. The van der Waals surface area contributed by atoms with Gasteiger partial charge in [-0.3, -0.25) is 5.32 Å². The number of ether oxygens (including phenoxy) is 1. The number of methoxy groups -OCH3 is 1. The molecule has 1 aromatic heterocycles. The Labute approximate surface area is 172 Å². The largest absolute Gasteiger partial charge is 0.465 e. The molecule has 0 bridgehead atoms. The van der Waals surface area contributed by atoms with E-state index in [1.54, 1.807) is 11.3 Å². The summed E-state index contributed by atoms with van der Waals surface area (Å²) in [5.74, 6) is 0.247. The maximum Gasteiger partial charge on any atom is 0.341 e. The third-order valence-electron chi connectivity index (χ3n) is 6.84. The van der Waals surface area contributed by atoms with E-state index >= 15 is 0 Å². The molecule has 5 nitrogen and oxygen atoms in total. The lowest BCUT2D eigenvalue weighted by Gasteiger charge is -2.36. The van der Waals surface area contributed by atoms with Gasteiger partial charge in [0.25, 0.3) is 0 Å². The standard InChI is InChI=1S/C22H34N2O3S/c1-5-22(2,3)14-11-12-16-17(13-14)28-19(18(16)20(25)27-4)24-21(26)23-15-9-7-6-8-10-15/h14-15H,5-13H2,1-4H3,(H2,23,24,26)/t14-/m1/s1. The summed E-state index contributed by atoms with van der Waals surface area (Å²) in [5.41, 5.74) is 1.92. The highest BCUT2D eigenvalue weighted by atomic mass is 32.1. The summed E-state index contributed by atoms with van der Waals surface area (Å²) in [6.07, 6.45) is 9.70. The summed E-state index contributed by atoms with van der Waals surface area (Å²) in [7, 11) is 1.41. The van der Waals surface area contributed by atoms with Gasteiger partial charge in [-0.15, -0.1) is 11.3 Å². The van der Waals surface area contributed by atoms with Crippen molar-refractivity contribution in [3.63, 3.8) is 0 Å². The number of nitrogens with one attached hydrogen (secondary N) is 2. The first-order valence-corrected chi connectivity index (χ1v) is 11.5. The first kappa shape index (κ1) is 21.2. The topological polar surface area (TPSA) is 67.4 Å². The van der Waals surface area contributed by atoms with E-state index in [2.05, 4.69) is 31.4 Å². The van der Waals surface area contributed by atoms with Gasteiger partial charge in [-0.25, -0.2) is 9.59 Å². The minimum atomic E-state index is -0.348. The first-order valence-electron chi connectivity index (χ1n) is 10.7. The molecule has 28 heavy (non-hydrogen) atoms. The molecule has 2 amide bonds. The van der Waals surface area contributed by atoms with Gasteiger partial charge in [0.15, 0.2) is 0 Å². The van der Waals surface area contributed by atoms with Crippen molar-refractivity contribution in [1.82, 2.24) is 5.32 Å². The van der Waals surface area contributed by atoms with Crippen LogP contribution in [-0.4, -0.2) is 25.2 Å². The number of esters is 1. The van der Waals surface area contributed by atoms with Crippen LogP contribution in [0.4, 0.5) is 9.80 Å². The van der Waals surface area contributed by atoms with Gasteiger partial charge in [0, 0.05) is 10.9 Å². The van der Waals surface area contributed by atoms with Gasteiger partial charge < -0.3 is 10.1 Å². The Morgan fingerprint density at radius 1 is 1.18 bits per heavy atom. The van der Waals surface area contributed by atoms with Gasteiger partial charge >= 0.3 is 12.0 Å². The SMILES string of the molecule is CCC(C)(C)[C@@H]1CCc2c(sc(NC(=O)NC3CCCCC3)c2C(=O)OC)C1. The number of amides is 2. The predicted octanol–water partition coefficient (Wildman–Crippen LogP) is 5.53. The number of carbonyl (C=O) groups excluding carboxylic acids is 2. The molecule has 1 aromatic rings. The fourth-order valence-electron chi connectivity index (χ4n) is 4.52. The zero-order chi connectivity index (χ0) is 20.3. The van der Waals surface area contributed by atoms with Crippen molar-refractivity contribution in [3.8, 4) is 0 Å². The number of carbonyl (C=O) groups is 2. The Hall–Kier alpha value is -1.56. The van der Waals surface area contributed by atoms with Crippen LogP contribution in [0.1, 0.15) is 86.5 Å². The molecule has 0 saturated heterocycles. The summed E-state index contributed by atoms with van der Waals surface area (Å²) >= 11 is 1.55. The molecular weight excluding hydrogens is 372 g/mol. The van der Waals surface area contributed by atoms with Crippen LogP contribution in [0.3, 0.4) is 0 Å². The maximum absolute atomic E-state index is 12.6. The maximum atomic E-state index is 12.6. The Bertz CT molecular complexity index is 720. The van der Waals surface area contributed by atoms with Gasteiger partial charge in [0.05, 0.1) is 12.7 Å². The summed E-state index contributed by atoms with van der Waals surface area (Å²) < 4.78 is 5.04. The van der Waals surface area contributed by atoms with Crippen LogP contribution in [0, 0.1) is 11.3 Å². The zero-order valence-corrected chi connectivity index (χ0v) is 18.5. The number of urea groups is 1. The van der Waals surface area contributed by atoms with Crippen molar-refractivity contribution in [2.75, 3.05) is 12.4 Å². The molecule has 0 unspecified atom stereocenters. The van der Waals surface area contributed by atoms with E-state index in [9.17, 15) is 9.59 Å². The predicted molar refractivity (Wildman–Crippen MR) is 114 cm³/mol. The third-order valence-corrected chi connectivity index (χ3v) is 8.01. The molecule has 1 atom stereocenters. The molecule has 2 aliphatic rings. The fourth-order valence-corrected chi connectivity index (χ4v) is 5.83. The highest BCUT2D eigenvalue weighted by Gasteiger charge is 2.35. The second-order valence-corrected chi connectivity index (χ2v) is 10.0. The van der Waals surface area contributed by atoms with Gasteiger partial charge in [-0.05, 0) is 49.0 Å². The van der Waals surface area contributed by atoms with Crippen LogP contribution in [0.5, 0.6) is 0 Å². The number of hydrogen-bond donors (Lipinski definition) is 2. The molecule has 0 radical (unpaired) electrons. The monoisotopic (exact) mass is 406 g/mol. The molecule has 0 aliphatic heterocycles. The quantitative estimate of drug-likeness (QED) is 0.632. The molecule has 1 fully saturated rings. The second kappa shape index (κ2) is 8.85. The van der Waals surface area contributed by atoms with E-state index < -0.39 is 0 Å². The van der Waals surface area contributed by atoms with Crippen LogP contribution in [0.25, 0.3) is 0 Å². The lowest BCUT2D eigenvalue weighted by molar-refractivity contribution is 0.0600. The Morgan fingerprint density at radius 2 is 1.89 bits per heavy atom. The summed E-state index contributed by atoms with van der Waals surface area (Å²) in [6.45, 7) is 6.90. The summed E-state index contributed by atoms with van der Waals surface area (Å²) in [5, 5.41) is 6.68. The van der Waals surface area contributed by atoms with Crippen molar-refractivity contribution in [2.45, 2.75) is 84.6 Å². The molecule has 2 N–H and O–H groups in total. The lowest BCUT2D eigenvalue weighted by Crippen LogP contribution is -2.39. The van der Waals surface area contributed by atoms with Crippen LogP contribution < -0.4 is 10.6 Å². The fraction of sp³-hybridized carbons (Fsp3) is 0.727. The number of fused-ring (bicyclic) bond motifs is 1. The normalized spacial score (nSPS) is 20.4. The molecule has 1 saturated carbocycles. The van der Waals surface area contributed by atoms with Crippen molar-refractivity contribution < 1.29 is 14.3 Å². The van der Waals surface area contributed by atoms with E-state index in [0.717, 1.165) is 44.1 Å². The van der Waals surface area contributed by atoms with Crippen molar-refractivity contribution in [3.05, 3.63) is 16.0 Å². The van der Waals surface area contributed by atoms with E-state index in [0.29, 0.717) is 16.5 Å². The van der Waals surface area contributed by atoms with Gasteiger partial charge in [0.1, 0.15) is 5.00 Å². The van der Waals surface area contributed by atoms with Crippen LogP contribution >= 0.6 is 11.3 Å². The van der Waals surface area contributed by atoms with E-state index in [4.69, 9.17) is 4.74 Å². The first-order chi connectivity index (χ1) is 13.4. The Morgan fingerprint density at radius 3 is 2.54 bits per heavy atom. The minimum Gasteiger partial charge on any atom is -0.465 e. The summed E-state index contributed by atoms with van der Waals surface area (Å²) in [6, 6.07) is 0.0285. The molecule has 156 valence electrons. The molecule has 0 aromatic carbocycles. The molecular formula is C22H34N2O3S. The molecule has 0 spiro atoms. The average molecular weight is 407 g/mol. The van der Waals surface area contributed by atoms with Gasteiger partial charge in [-0.2, -0.15) is 0 Å². The number of anilines is 1. The average Bonchev–Trinajstić information content (AvgIpc) is 3.04. The number of thiophene rings is 1. The zero-order valence-electron chi connectivity index (χ0n) is 17.7. The van der Waals surface area contributed by atoms with Crippen molar-refractivity contribution in [1.29, 1.82) is 0 Å². The Kier molecular flexibility index (Phi) is 6.69. The van der Waals surface area contributed by atoms with Crippen molar-refractivity contribution >= 4 is 28.3 Å². The second-order valence-electron chi connectivity index (χ2n) is 8.91. The number of hydrogen-bond acceptors (Lipinski definition) is 4. The molecule has 1 heterocycles. The lowest BCUT2D eigenvalue weighted by atomic mass is 9.69. The highest BCUT2D eigenvalue weighted by Crippen LogP contribution is 2.45. The minimum absolute atomic E-state index is 0.207. The summed E-state index contributed by atoms with van der Waals surface area (Å²) in [4.78, 5) is 26.3. The van der Waals surface area contributed by atoms with Gasteiger partial charge in [-0.1, -0.05) is 46.5 Å². The molecule has 6 heteroatoms. The van der Waals surface area contributed by atoms with Gasteiger partial charge in [0.2, 0.25) is 0 Å². The number of rotatable bonds is 5. The van der Waals surface area contributed by atoms with Crippen LogP contribution in [0.2, 0.25) is 0 Å². The Balaban J connectivity index is 1.79. The smallest absolute Gasteiger partial charge is 0.341 e. The third kappa shape index (κ3) is 4.53. The van der Waals surface area contributed by atoms with Crippen LogP contribution in [0.15, 0.2) is 0 Å². The van der Waals surface area contributed by atoms with E-state index in [1.807, 2.05) is 0 Å². The molecule has 3 rings (SSSR count). The van der Waals surface area contributed by atoms with E-state index in [1.165, 1.54) is 31.2 Å². The van der Waals surface area contributed by atoms with Crippen LogP contribution in [-0.2, 0) is 17.6 Å². The molecule has 2 aliphatic carbocycles. The van der Waals surface area contributed by atoms with Crippen molar-refractivity contribution in [2.24, 2.45) is 11.3 Å². The van der Waals surface area contributed by atoms with E-state index in [-0.39, 0.29) is 23.5 Å².